The maximum Gasteiger partial charge on any atom is 0.432 e. The molecule has 4 nitrogen and oxygen atoms in total. The second-order valence-electron chi connectivity index (χ2n) is 3.97. The lowest BCUT2D eigenvalue weighted by molar-refractivity contribution is -0.143. The Kier molecular flexibility index (Phi) is 2.92. The highest BCUT2D eigenvalue weighted by Crippen LogP contribution is 2.39. The van der Waals surface area contributed by atoms with Gasteiger partial charge in [-0.15, -0.1) is 0 Å². The van der Waals surface area contributed by atoms with Gasteiger partial charge in [-0.25, -0.2) is 4.79 Å². The quantitative estimate of drug-likeness (QED) is 0.883. The van der Waals surface area contributed by atoms with E-state index in [0.29, 0.717) is 0 Å². The van der Waals surface area contributed by atoms with Crippen LogP contribution in [0.15, 0.2) is 18.2 Å². The zero-order valence-electron chi connectivity index (χ0n) is 9.82. The van der Waals surface area contributed by atoms with Gasteiger partial charge in [-0.2, -0.15) is 13.2 Å². The van der Waals surface area contributed by atoms with Gasteiger partial charge in [0.2, 0.25) is 0 Å². The normalized spacial score (nSPS) is 12.0. The summed E-state index contributed by atoms with van der Waals surface area (Å²) >= 11 is 0. The van der Waals surface area contributed by atoms with Crippen LogP contribution in [0.3, 0.4) is 0 Å². The van der Waals surface area contributed by atoms with E-state index in [4.69, 9.17) is 5.11 Å². The van der Waals surface area contributed by atoms with Crippen molar-refractivity contribution in [2.24, 2.45) is 0 Å². The molecule has 0 radical (unpaired) electrons. The van der Waals surface area contributed by atoms with Crippen LogP contribution in [0.25, 0.3) is 10.9 Å². The van der Waals surface area contributed by atoms with E-state index in [1.54, 1.807) is 0 Å². The maximum absolute atomic E-state index is 13.0. The number of aromatic hydroxyl groups is 1. The van der Waals surface area contributed by atoms with Crippen molar-refractivity contribution in [1.82, 2.24) is 4.57 Å². The molecule has 0 amide bonds. The number of rotatable bonds is 2. The van der Waals surface area contributed by atoms with Crippen molar-refractivity contribution < 1.29 is 28.2 Å². The molecule has 7 heteroatoms. The largest absolute Gasteiger partial charge is 0.508 e. The highest BCUT2D eigenvalue weighted by atomic mass is 19.4. The molecular weight excluding hydrogens is 263 g/mol. The highest BCUT2D eigenvalue weighted by molar-refractivity contribution is 6.05. The van der Waals surface area contributed by atoms with Crippen molar-refractivity contribution in [3.8, 4) is 5.75 Å². The summed E-state index contributed by atoms with van der Waals surface area (Å²) in [6.45, 7) is 1.47. The van der Waals surface area contributed by atoms with E-state index < -0.39 is 23.4 Å². The molecule has 2 rings (SSSR count). The lowest BCUT2D eigenvalue weighted by Crippen LogP contribution is -2.17. The molecule has 2 aromatic rings. The van der Waals surface area contributed by atoms with Crippen molar-refractivity contribution in [1.29, 1.82) is 0 Å². The summed E-state index contributed by atoms with van der Waals surface area (Å²) in [5.74, 6) is -1.95. The number of aromatic carboxylic acids is 1. The average molecular weight is 273 g/mol. The Morgan fingerprint density at radius 2 is 2.00 bits per heavy atom. The number of fused-ring (bicyclic) bond motifs is 1. The number of nitrogens with zero attached hydrogens (tertiary/aromatic N) is 1. The van der Waals surface area contributed by atoms with Crippen LogP contribution < -0.4 is 0 Å². The number of aromatic nitrogens is 1. The molecule has 0 unspecified atom stereocenters. The summed E-state index contributed by atoms with van der Waals surface area (Å²) in [7, 11) is 0. The Labute approximate surface area is 105 Å². The van der Waals surface area contributed by atoms with E-state index in [2.05, 4.69) is 0 Å². The van der Waals surface area contributed by atoms with Gasteiger partial charge in [0.15, 0.2) is 0 Å². The van der Waals surface area contributed by atoms with E-state index in [-0.39, 0.29) is 23.2 Å². The lowest BCUT2D eigenvalue weighted by atomic mass is 10.1. The molecule has 1 aromatic carbocycles. The molecule has 0 saturated heterocycles. The monoisotopic (exact) mass is 273 g/mol. The first-order chi connectivity index (χ1) is 8.77. The molecule has 1 aromatic heterocycles. The van der Waals surface area contributed by atoms with Crippen LogP contribution in [0.5, 0.6) is 5.75 Å². The minimum Gasteiger partial charge on any atom is -0.508 e. The van der Waals surface area contributed by atoms with Crippen molar-refractivity contribution in [3.63, 3.8) is 0 Å². The molecule has 102 valence electrons. The van der Waals surface area contributed by atoms with E-state index >= 15 is 0 Å². The van der Waals surface area contributed by atoms with Gasteiger partial charge < -0.3 is 14.8 Å². The minimum absolute atomic E-state index is 0.0244. The molecule has 0 aliphatic rings. The summed E-state index contributed by atoms with van der Waals surface area (Å²) in [5.41, 5.74) is -1.91. The third kappa shape index (κ3) is 2.00. The number of aryl methyl sites for hydroxylation is 1. The fourth-order valence-electron chi connectivity index (χ4n) is 2.18. The van der Waals surface area contributed by atoms with Crippen molar-refractivity contribution in [3.05, 3.63) is 29.5 Å². The van der Waals surface area contributed by atoms with Crippen molar-refractivity contribution >= 4 is 16.9 Å². The lowest BCUT2D eigenvalue weighted by Gasteiger charge is -2.11. The average Bonchev–Trinajstić information content (AvgIpc) is 2.61. The van der Waals surface area contributed by atoms with Crippen LogP contribution in [0.2, 0.25) is 0 Å². The number of halogens is 3. The number of hydrogen-bond donors (Lipinski definition) is 2. The van der Waals surface area contributed by atoms with Crippen LogP contribution in [0.4, 0.5) is 13.2 Å². The second kappa shape index (κ2) is 4.18. The van der Waals surface area contributed by atoms with E-state index in [1.165, 1.54) is 19.1 Å². The number of carbonyl (C=O) groups is 1. The smallest absolute Gasteiger partial charge is 0.432 e. The molecular formula is C12H10F3NO3. The van der Waals surface area contributed by atoms with E-state index in [9.17, 15) is 23.1 Å². The van der Waals surface area contributed by atoms with Gasteiger partial charge in [-0.1, -0.05) is 0 Å². The van der Waals surface area contributed by atoms with Gasteiger partial charge in [0, 0.05) is 17.4 Å². The molecule has 19 heavy (non-hydrogen) atoms. The fraction of sp³-hybridized carbons (Fsp3) is 0.250. The number of hydrogen-bond acceptors (Lipinski definition) is 2. The SMILES string of the molecule is CCn1c(C(F)(F)F)c(C(=O)O)c2cc(O)ccc21. The predicted octanol–water partition coefficient (Wildman–Crippen LogP) is 3.08. The zero-order valence-corrected chi connectivity index (χ0v) is 9.82. The minimum atomic E-state index is -4.78. The Bertz CT molecular complexity index is 658. The summed E-state index contributed by atoms with van der Waals surface area (Å²) in [6.07, 6.45) is -4.78. The predicted molar refractivity (Wildman–Crippen MR) is 61.2 cm³/mol. The molecule has 0 saturated carbocycles. The molecule has 0 aliphatic carbocycles. The van der Waals surface area contributed by atoms with Crippen LogP contribution in [0.1, 0.15) is 23.0 Å². The van der Waals surface area contributed by atoms with Gasteiger partial charge in [-0.3, -0.25) is 0 Å². The number of carboxylic acid groups (broad SMARTS) is 1. The summed E-state index contributed by atoms with van der Waals surface area (Å²) in [4.78, 5) is 11.1. The Morgan fingerprint density at radius 1 is 1.37 bits per heavy atom. The topological polar surface area (TPSA) is 62.5 Å². The number of carboxylic acids is 1. The Morgan fingerprint density at radius 3 is 2.47 bits per heavy atom. The standard InChI is InChI=1S/C12H10F3NO3/c1-2-16-8-4-3-6(17)5-7(8)9(11(18)19)10(16)12(13,14)15/h3-5,17H,2H2,1H3,(H,18,19). The molecule has 0 bridgehead atoms. The number of phenolic OH excluding ortho intramolecular Hbond substituents is 1. The Hall–Kier alpha value is -2.18. The van der Waals surface area contributed by atoms with Gasteiger partial charge in [-0.05, 0) is 25.1 Å². The number of phenols is 1. The van der Waals surface area contributed by atoms with Crippen LogP contribution in [-0.2, 0) is 12.7 Å². The maximum atomic E-state index is 13.0. The third-order valence-corrected chi connectivity index (χ3v) is 2.85. The van der Waals surface area contributed by atoms with Gasteiger partial charge in [0.25, 0.3) is 0 Å². The summed E-state index contributed by atoms with van der Waals surface area (Å²) < 4.78 is 40.0. The third-order valence-electron chi connectivity index (χ3n) is 2.85. The fourth-order valence-corrected chi connectivity index (χ4v) is 2.18. The number of benzene rings is 1. The second-order valence-corrected chi connectivity index (χ2v) is 3.97. The van der Waals surface area contributed by atoms with Gasteiger partial charge >= 0.3 is 12.1 Å². The first kappa shape index (κ1) is 13.3. The summed E-state index contributed by atoms with van der Waals surface area (Å²) in [6, 6.07) is 3.52. The highest BCUT2D eigenvalue weighted by Gasteiger charge is 2.41. The molecule has 1 heterocycles. The molecule has 0 fully saturated rings. The molecule has 2 N–H and O–H groups in total. The van der Waals surface area contributed by atoms with Crippen molar-refractivity contribution in [2.45, 2.75) is 19.6 Å². The van der Waals surface area contributed by atoms with Gasteiger partial charge in [0.05, 0.1) is 5.56 Å². The van der Waals surface area contributed by atoms with Crippen LogP contribution in [0, 0.1) is 0 Å². The van der Waals surface area contributed by atoms with Gasteiger partial charge in [0.1, 0.15) is 11.4 Å². The summed E-state index contributed by atoms with van der Waals surface area (Å²) in [5, 5.41) is 18.2. The van der Waals surface area contributed by atoms with E-state index in [1.807, 2.05) is 0 Å². The molecule has 0 spiro atoms. The van der Waals surface area contributed by atoms with E-state index in [0.717, 1.165) is 10.6 Å². The first-order valence-corrected chi connectivity index (χ1v) is 5.43. The Balaban J connectivity index is 2.99. The molecule has 0 aliphatic heterocycles. The zero-order chi connectivity index (χ0) is 14.4. The van der Waals surface area contributed by atoms with Crippen molar-refractivity contribution in [2.75, 3.05) is 0 Å². The number of alkyl halides is 3. The molecule has 0 atom stereocenters. The first-order valence-electron chi connectivity index (χ1n) is 5.43. The van der Waals surface area contributed by atoms with Crippen LogP contribution in [-0.4, -0.2) is 20.7 Å². The van der Waals surface area contributed by atoms with Crippen LogP contribution >= 0.6 is 0 Å².